The molecule has 2 aliphatic rings. The molecule has 2 N–H and O–H groups in total. The monoisotopic (exact) mass is 392 g/mol. The number of benzene rings is 2. The maximum atomic E-state index is 12.1. The molecule has 0 aromatic heterocycles. The number of fused-ring (bicyclic) bond motifs is 2. The zero-order valence-electron chi connectivity index (χ0n) is 17.1. The van der Waals surface area contributed by atoms with Gasteiger partial charge in [0.1, 0.15) is 6.10 Å². The number of likely N-dealkylation sites (tertiary alicyclic amines) is 1. The van der Waals surface area contributed by atoms with Crippen molar-refractivity contribution < 1.29 is 9.90 Å². The summed E-state index contributed by atoms with van der Waals surface area (Å²) < 4.78 is 0. The molecule has 2 aromatic rings. The van der Waals surface area contributed by atoms with Gasteiger partial charge in [-0.25, -0.2) is 0 Å². The van der Waals surface area contributed by atoms with Crippen LogP contribution < -0.4 is 5.32 Å². The zero-order chi connectivity index (χ0) is 20.1. The summed E-state index contributed by atoms with van der Waals surface area (Å²) in [6.07, 6.45) is 5.33. The quantitative estimate of drug-likeness (QED) is 0.712. The standard InChI is InChI=1S/C25H32N2O2/c28-23(19-20-7-2-1-3-8-20)24(29)26-15-6-16-27-17-13-25(14-18-27)12-11-21-9-4-5-10-22(21)25/h1-5,7-10,23,28H,6,11-19H2,(H,26,29)/t23-/m1/s1. The molecule has 0 bridgehead atoms. The van der Waals surface area contributed by atoms with Crippen molar-refractivity contribution in [2.75, 3.05) is 26.2 Å². The van der Waals surface area contributed by atoms with Gasteiger partial charge in [0.2, 0.25) is 5.91 Å². The number of carbonyl (C=O) groups excluding carboxylic acids is 1. The number of hydrogen-bond donors (Lipinski definition) is 2. The van der Waals surface area contributed by atoms with Crippen molar-refractivity contribution in [1.82, 2.24) is 10.2 Å². The van der Waals surface area contributed by atoms with Crippen LogP contribution in [0, 0.1) is 0 Å². The van der Waals surface area contributed by atoms with Gasteiger partial charge in [-0.15, -0.1) is 0 Å². The molecule has 4 nitrogen and oxygen atoms in total. The molecule has 0 saturated carbocycles. The fraction of sp³-hybridized carbons (Fsp3) is 0.480. The lowest BCUT2D eigenvalue weighted by Gasteiger charge is -2.40. The molecule has 1 fully saturated rings. The van der Waals surface area contributed by atoms with E-state index in [1.54, 1.807) is 11.1 Å². The molecule has 29 heavy (non-hydrogen) atoms. The third-order valence-corrected chi connectivity index (χ3v) is 6.80. The topological polar surface area (TPSA) is 52.6 Å². The predicted octanol–water partition coefficient (Wildman–Crippen LogP) is 3.08. The second kappa shape index (κ2) is 9.10. The highest BCUT2D eigenvalue weighted by atomic mass is 16.3. The van der Waals surface area contributed by atoms with Crippen molar-refractivity contribution >= 4 is 5.91 Å². The maximum Gasteiger partial charge on any atom is 0.249 e. The number of nitrogens with one attached hydrogen (secondary N) is 1. The molecule has 1 atom stereocenters. The van der Waals surface area contributed by atoms with E-state index in [9.17, 15) is 9.90 Å². The Balaban J connectivity index is 1.16. The number of aliphatic hydroxyl groups excluding tert-OH is 1. The Bertz CT molecular complexity index is 813. The summed E-state index contributed by atoms with van der Waals surface area (Å²) in [5, 5.41) is 13.0. The summed E-state index contributed by atoms with van der Waals surface area (Å²) in [4.78, 5) is 14.6. The third kappa shape index (κ3) is 4.71. The minimum atomic E-state index is -0.977. The van der Waals surface area contributed by atoms with Crippen LogP contribution in [0.5, 0.6) is 0 Å². The number of piperidine rings is 1. The molecule has 1 amide bonds. The average molecular weight is 393 g/mol. The van der Waals surface area contributed by atoms with Gasteiger partial charge in [0.15, 0.2) is 0 Å². The highest BCUT2D eigenvalue weighted by Gasteiger charge is 2.40. The second-order valence-electron chi connectivity index (χ2n) is 8.63. The highest BCUT2D eigenvalue weighted by molar-refractivity contribution is 5.80. The van der Waals surface area contributed by atoms with Crippen LogP contribution in [-0.2, 0) is 23.1 Å². The number of rotatable bonds is 7. The first-order valence-corrected chi connectivity index (χ1v) is 11.0. The van der Waals surface area contributed by atoms with Crippen molar-refractivity contribution in [3.8, 4) is 0 Å². The minimum absolute atomic E-state index is 0.269. The maximum absolute atomic E-state index is 12.1. The van der Waals surface area contributed by atoms with Gasteiger partial charge in [0.05, 0.1) is 0 Å². The summed E-state index contributed by atoms with van der Waals surface area (Å²) in [6.45, 7) is 3.90. The van der Waals surface area contributed by atoms with Crippen molar-refractivity contribution in [1.29, 1.82) is 0 Å². The van der Waals surface area contributed by atoms with E-state index < -0.39 is 6.10 Å². The van der Waals surface area contributed by atoms with Crippen molar-refractivity contribution in [2.24, 2.45) is 0 Å². The van der Waals surface area contributed by atoms with Crippen molar-refractivity contribution in [3.63, 3.8) is 0 Å². The van der Waals surface area contributed by atoms with Gasteiger partial charge in [0.25, 0.3) is 0 Å². The van der Waals surface area contributed by atoms with E-state index >= 15 is 0 Å². The number of aliphatic hydroxyl groups is 1. The highest BCUT2D eigenvalue weighted by Crippen LogP contribution is 2.46. The molecule has 2 aromatic carbocycles. The van der Waals surface area contributed by atoms with Crippen LogP contribution in [-0.4, -0.2) is 48.2 Å². The van der Waals surface area contributed by atoms with Crippen LogP contribution in [0.3, 0.4) is 0 Å². The van der Waals surface area contributed by atoms with Crippen molar-refractivity contribution in [3.05, 3.63) is 71.3 Å². The number of nitrogens with zero attached hydrogens (tertiary/aromatic N) is 1. The van der Waals surface area contributed by atoms with E-state index in [0.29, 0.717) is 18.4 Å². The molecular formula is C25H32N2O2. The SMILES string of the molecule is O=C(NCCCN1CCC2(CCc3ccccc32)CC1)[C@H](O)Cc1ccccc1. The number of carbonyl (C=O) groups is 1. The van der Waals surface area contributed by atoms with Gasteiger partial charge in [-0.1, -0.05) is 54.6 Å². The van der Waals surface area contributed by atoms with Crippen LogP contribution in [0.25, 0.3) is 0 Å². The molecule has 1 spiro atoms. The fourth-order valence-corrected chi connectivity index (χ4v) is 5.05. The molecule has 0 radical (unpaired) electrons. The molecule has 1 saturated heterocycles. The first-order valence-electron chi connectivity index (χ1n) is 11.0. The summed E-state index contributed by atoms with van der Waals surface area (Å²) in [5.74, 6) is -0.269. The largest absolute Gasteiger partial charge is 0.383 e. The lowest BCUT2D eigenvalue weighted by atomic mass is 9.74. The Morgan fingerprint density at radius 3 is 2.55 bits per heavy atom. The predicted molar refractivity (Wildman–Crippen MR) is 116 cm³/mol. The van der Waals surface area contributed by atoms with Crippen LogP contribution in [0.2, 0.25) is 0 Å². The van der Waals surface area contributed by atoms with Gasteiger partial charge in [-0.3, -0.25) is 4.79 Å². The van der Waals surface area contributed by atoms with E-state index in [-0.39, 0.29) is 5.91 Å². The molecule has 1 aliphatic heterocycles. The van der Waals surface area contributed by atoms with E-state index in [0.717, 1.165) is 31.6 Å². The lowest BCUT2D eigenvalue weighted by molar-refractivity contribution is -0.129. The third-order valence-electron chi connectivity index (χ3n) is 6.80. The Morgan fingerprint density at radius 1 is 1.03 bits per heavy atom. The van der Waals surface area contributed by atoms with Crippen LogP contribution in [0.1, 0.15) is 42.4 Å². The van der Waals surface area contributed by atoms with Crippen LogP contribution >= 0.6 is 0 Å². The van der Waals surface area contributed by atoms with Gasteiger partial charge in [-0.05, 0) is 73.8 Å². The average Bonchev–Trinajstić information content (AvgIpc) is 3.11. The number of amides is 1. The van der Waals surface area contributed by atoms with E-state index in [2.05, 4.69) is 34.5 Å². The van der Waals surface area contributed by atoms with Crippen LogP contribution in [0.4, 0.5) is 0 Å². The Morgan fingerprint density at radius 2 is 1.76 bits per heavy atom. The molecule has 154 valence electrons. The normalized spacial score (nSPS) is 19.1. The van der Waals surface area contributed by atoms with E-state index in [1.807, 2.05) is 30.3 Å². The summed E-state index contributed by atoms with van der Waals surface area (Å²) in [7, 11) is 0. The van der Waals surface area contributed by atoms with Crippen molar-refractivity contribution in [2.45, 2.75) is 50.0 Å². The second-order valence-corrected chi connectivity index (χ2v) is 8.63. The molecule has 1 heterocycles. The Kier molecular flexibility index (Phi) is 6.31. The summed E-state index contributed by atoms with van der Waals surface area (Å²) >= 11 is 0. The Labute approximate surface area is 173 Å². The number of aryl methyl sites for hydroxylation is 1. The molecule has 0 unspecified atom stereocenters. The smallest absolute Gasteiger partial charge is 0.249 e. The first-order chi connectivity index (χ1) is 14.2. The van der Waals surface area contributed by atoms with Gasteiger partial charge in [-0.2, -0.15) is 0 Å². The minimum Gasteiger partial charge on any atom is -0.383 e. The van der Waals surface area contributed by atoms with Crippen LogP contribution in [0.15, 0.2) is 54.6 Å². The summed E-state index contributed by atoms with van der Waals surface area (Å²) in [5.41, 5.74) is 4.53. The van der Waals surface area contributed by atoms with E-state index in [1.165, 1.54) is 25.7 Å². The summed E-state index contributed by atoms with van der Waals surface area (Å²) in [6, 6.07) is 18.6. The first kappa shape index (κ1) is 20.1. The van der Waals surface area contributed by atoms with Gasteiger partial charge in [0, 0.05) is 13.0 Å². The molecule has 4 heteroatoms. The molecular weight excluding hydrogens is 360 g/mol. The van der Waals surface area contributed by atoms with Gasteiger partial charge < -0.3 is 15.3 Å². The molecule has 1 aliphatic carbocycles. The fourth-order valence-electron chi connectivity index (χ4n) is 5.05. The Hall–Kier alpha value is -2.17. The van der Waals surface area contributed by atoms with Gasteiger partial charge >= 0.3 is 0 Å². The lowest BCUT2D eigenvalue weighted by Crippen LogP contribution is -2.43. The molecule has 4 rings (SSSR count). The van der Waals surface area contributed by atoms with E-state index in [4.69, 9.17) is 0 Å². The number of hydrogen-bond acceptors (Lipinski definition) is 3. The zero-order valence-corrected chi connectivity index (χ0v) is 17.1.